The van der Waals surface area contributed by atoms with E-state index in [0.29, 0.717) is 16.2 Å². The number of amides is 1. The maximum atomic E-state index is 15.4. The molecule has 3 aromatic rings. The molecule has 3 fully saturated rings. The van der Waals surface area contributed by atoms with Gasteiger partial charge >= 0.3 is 23.9 Å². The van der Waals surface area contributed by atoms with Crippen LogP contribution in [0.25, 0.3) is 0 Å². The molecular formula is C48H54ClNO14. The standard InChI is InChI=1S/C48H54ClNO14/c1-26(2)35-38(62-27(3)51)40(55)46(7)33(53)24-34-47(25-61-34,64-28(4)52)39(46)41(63-43(57)31-16-12-9-13-17-31)48(59,45(35,5)6)22-23-60-44(58)37(54)36(29-14-10-8-11-15-29)50-42(56)30-18-20-32(49)21-19-30/h8-21,33-34,36-39,41,53-54,59H,22-25H2,1-7H3,(H,50,56)/t33-,34+,36-,37+,38+,39-,41-,46+,47-,48+/m0/s1. The largest absolute Gasteiger partial charge is 0.464 e. The molecule has 15 nitrogen and oxygen atoms in total. The molecule has 0 aromatic heterocycles. The average molecular weight is 904 g/mol. The molecule has 6 rings (SSSR count). The first-order valence-corrected chi connectivity index (χ1v) is 21.3. The summed E-state index contributed by atoms with van der Waals surface area (Å²) in [7, 11) is 0. The summed E-state index contributed by atoms with van der Waals surface area (Å²) in [5, 5.41) is 40.6. The Morgan fingerprint density at radius 2 is 1.47 bits per heavy atom. The van der Waals surface area contributed by atoms with Crippen molar-refractivity contribution in [1.29, 1.82) is 0 Å². The number of carbonyl (C=O) groups is 6. The van der Waals surface area contributed by atoms with Gasteiger partial charge in [0.15, 0.2) is 23.6 Å². The monoisotopic (exact) mass is 903 g/mol. The molecule has 1 amide bonds. The molecule has 10 atom stereocenters. The summed E-state index contributed by atoms with van der Waals surface area (Å²) < 4.78 is 29.9. The number of Topliss-reactive ketones (excluding diaryl/α,β-unsaturated/α-hetero) is 1. The summed E-state index contributed by atoms with van der Waals surface area (Å²) in [6.45, 7) is 9.02. The second kappa shape index (κ2) is 18.6. The molecule has 2 aliphatic carbocycles. The van der Waals surface area contributed by atoms with Crippen LogP contribution in [0.5, 0.6) is 0 Å². The number of aliphatic hydroxyl groups is 3. The number of nitrogens with one attached hydrogen (secondary N) is 1. The lowest BCUT2D eigenvalue weighted by atomic mass is 9.46. The minimum absolute atomic E-state index is 0.0550. The van der Waals surface area contributed by atoms with E-state index >= 15 is 4.79 Å². The minimum Gasteiger partial charge on any atom is -0.464 e. The van der Waals surface area contributed by atoms with E-state index in [1.807, 2.05) is 0 Å². The normalized spacial score (nSPS) is 29.1. The molecule has 342 valence electrons. The quantitative estimate of drug-likeness (QED) is 0.107. The van der Waals surface area contributed by atoms with Gasteiger partial charge in [-0.1, -0.05) is 79.6 Å². The van der Waals surface area contributed by atoms with Crippen molar-refractivity contribution in [3.8, 4) is 0 Å². The molecule has 3 aromatic carbocycles. The Balaban J connectivity index is 1.47. The van der Waals surface area contributed by atoms with Crippen LogP contribution in [0, 0.1) is 16.7 Å². The number of fused-ring (bicyclic) bond motifs is 3. The minimum atomic E-state index is -2.45. The van der Waals surface area contributed by atoms with Crippen molar-refractivity contribution in [3.05, 3.63) is 118 Å². The number of aliphatic hydroxyl groups excluding tert-OH is 2. The van der Waals surface area contributed by atoms with Crippen LogP contribution in [0.1, 0.15) is 93.6 Å². The first-order chi connectivity index (χ1) is 30.1. The van der Waals surface area contributed by atoms with Gasteiger partial charge in [0, 0.05) is 42.7 Å². The number of hydrogen-bond donors (Lipinski definition) is 4. The zero-order chi connectivity index (χ0) is 46.9. The van der Waals surface area contributed by atoms with Gasteiger partial charge in [0.1, 0.15) is 17.8 Å². The second-order valence-electron chi connectivity index (χ2n) is 17.6. The van der Waals surface area contributed by atoms with Crippen LogP contribution in [0.4, 0.5) is 0 Å². The van der Waals surface area contributed by atoms with Gasteiger partial charge in [0.05, 0.1) is 42.3 Å². The van der Waals surface area contributed by atoms with Crippen molar-refractivity contribution >= 4 is 47.2 Å². The van der Waals surface area contributed by atoms with E-state index in [-0.39, 0.29) is 29.7 Å². The molecule has 4 N–H and O–H groups in total. The smallest absolute Gasteiger partial charge is 0.338 e. The van der Waals surface area contributed by atoms with Crippen molar-refractivity contribution in [1.82, 2.24) is 5.32 Å². The molecule has 3 aliphatic rings. The Morgan fingerprint density at radius 3 is 2.02 bits per heavy atom. The Kier molecular flexibility index (Phi) is 13.9. The van der Waals surface area contributed by atoms with Crippen LogP contribution < -0.4 is 5.32 Å². The highest BCUT2D eigenvalue weighted by Gasteiger charge is 2.77. The Bertz CT molecular complexity index is 2300. The number of carbonyl (C=O) groups excluding carboxylic acids is 6. The van der Waals surface area contributed by atoms with Gasteiger partial charge in [0.25, 0.3) is 5.91 Å². The Labute approximate surface area is 376 Å². The van der Waals surface area contributed by atoms with Gasteiger partial charge < -0.3 is 44.3 Å². The SMILES string of the molecule is CC(=O)O[C@H]1C(=O)[C@@]2(C)[C@H]([C@H](OC(=O)c3ccccc3)[C@](O)(CCOC(=O)[C@H](O)[C@@H](NC(=O)c3ccc(Cl)cc3)c3ccccc3)C(C)(C)C1=C(C)C)[C@]1(OC(C)=O)CO[C@@H]1C[C@@H]2O. The van der Waals surface area contributed by atoms with Gasteiger partial charge in [-0.25, -0.2) is 9.59 Å². The summed E-state index contributed by atoms with van der Waals surface area (Å²) in [4.78, 5) is 82.9. The molecular weight excluding hydrogens is 850 g/mol. The number of rotatable bonds is 12. The van der Waals surface area contributed by atoms with Gasteiger partial charge in [-0.3, -0.25) is 19.2 Å². The van der Waals surface area contributed by atoms with Crippen molar-refractivity contribution in [2.75, 3.05) is 13.2 Å². The lowest BCUT2D eigenvalue weighted by molar-refractivity contribution is -0.344. The van der Waals surface area contributed by atoms with Crippen molar-refractivity contribution in [2.24, 2.45) is 16.7 Å². The van der Waals surface area contributed by atoms with Crippen molar-refractivity contribution in [2.45, 2.75) is 109 Å². The van der Waals surface area contributed by atoms with Crippen LogP contribution in [-0.2, 0) is 42.9 Å². The summed E-state index contributed by atoms with van der Waals surface area (Å²) in [5.41, 5.74) is -6.92. The molecule has 0 bridgehead atoms. The van der Waals surface area contributed by atoms with Crippen LogP contribution in [0.3, 0.4) is 0 Å². The highest BCUT2D eigenvalue weighted by molar-refractivity contribution is 6.30. The fourth-order valence-electron chi connectivity index (χ4n) is 9.91. The van der Waals surface area contributed by atoms with Crippen LogP contribution in [-0.4, -0.2) is 106 Å². The number of esters is 4. The van der Waals surface area contributed by atoms with Gasteiger partial charge in [0.2, 0.25) is 0 Å². The zero-order valence-electron chi connectivity index (χ0n) is 36.7. The van der Waals surface area contributed by atoms with E-state index in [1.165, 1.54) is 43.3 Å². The van der Waals surface area contributed by atoms with Crippen molar-refractivity contribution < 1.29 is 67.8 Å². The highest BCUT2D eigenvalue weighted by atomic mass is 35.5. The van der Waals surface area contributed by atoms with Crippen LogP contribution >= 0.6 is 11.6 Å². The first-order valence-electron chi connectivity index (χ1n) is 20.9. The highest BCUT2D eigenvalue weighted by Crippen LogP contribution is 2.63. The van der Waals surface area contributed by atoms with Crippen LogP contribution in [0.2, 0.25) is 5.02 Å². The average Bonchev–Trinajstić information content (AvgIpc) is 3.24. The van der Waals surface area contributed by atoms with E-state index in [9.17, 15) is 39.3 Å². The molecule has 1 saturated heterocycles. The second-order valence-corrected chi connectivity index (χ2v) is 18.0. The Morgan fingerprint density at radius 1 is 0.859 bits per heavy atom. The van der Waals surface area contributed by atoms with E-state index in [1.54, 1.807) is 76.2 Å². The number of hydrogen-bond acceptors (Lipinski definition) is 14. The predicted octanol–water partition coefficient (Wildman–Crippen LogP) is 5.03. The van der Waals surface area contributed by atoms with Gasteiger partial charge in [-0.15, -0.1) is 0 Å². The molecule has 1 heterocycles. The van der Waals surface area contributed by atoms with Gasteiger partial charge in [-0.2, -0.15) is 0 Å². The lowest BCUT2D eigenvalue weighted by Gasteiger charge is -2.66. The third kappa shape index (κ3) is 8.71. The number of allylic oxidation sites excluding steroid dienone is 1. The Hall–Kier alpha value is -5.45. The maximum absolute atomic E-state index is 15.4. The molecule has 64 heavy (non-hydrogen) atoms. The number of halogens is 1. The zero-order valence-corrected chi connectivity index (χ0v) is 37.4. The summed E-state index contributed by atoms with van der Waals surface area (Å²) in [6, 6.07) is 20.7. The number of ketones is 1. The molecule has 1 aliphatic heterocycles. The fraction of sp³-hybridized carbons (Fsp3) is 0.458. The first kappa shape index (κ1) is 48.0. The molecule has 0 unspecified atom stereocenters. The van der Waals surface area contributed by atoms with E-state index in [2.05, 4.69) is 5.32 Å². The van der Waals surface area contributed by atoms with E-state index in [0.717, 1.165) is 13.8 Å². The lowest BCUT2D eigenvalue weighted by Crippen LogP contribution is -2.81. The van der Waals surface area contributed by atoms with E-state index < -0.39 is 113 Å². The molecule has 0 radical (unpaired) electrons. The molecule has 0 spiro atoms. The summed E-state index contributed by atoms with van der Waals surface area (Å²) >= 11 is 6.02. The van der Waals surface area contributed by atoms with Gasteiger partial charge in [-0.05, 0) is 68.3 Å². The summed E-state index contributed by atoms with van der Waals surface area (Å²) in [6.07, 6.45) is -9.02. The predicted molar refractivity (Wildman–Crippen MR) is 229 cm³/mol. The maximum Gasteiger partial charge on any atom is 0.338 e. The summed E-state index contributed by atoms with van der Waals surface area (Å²) in [5.74, 6) is -6.81. The molecule has 2 saturated carbocycles. The van der Waals surface area contributed by atoms with Crippen molar-refractivity contribution in [3.63, 3.8) is 0 Å². The topological polar surface area (TPSA) is 221 Å². The third-order valence-electron chi connectivity index (χ3n) is 13.2. The number of benzene rings is 3. The third-order valence-corrected chi connectivity index (χ3v) is 13.4. The number of ether oxygens (including phenoxy) is 5. The molecule has 16 heteroatoms. The fourth-order valence-corrected chi connectivity index (χ4v) is 10.0. The van der Waals surface area contributed by atoms with Crippen LogP contribution in [0.15, 0.2) is 96.1 Å². The van der Waals surface area contributed by atoms with E-state index in [4.69, 9.17) is 35.3 Å².